The summed E-state index contributed by atoms with van der Waals surface area (Å²) in [5.41, 5.74) is -6.04. The number of benzene rings is 2. The monoisotopic (exact) mass is 484 g/mol. The molecule has 0 aliphatic rings. The van der Waals surface area contributed by atoms with Gasteiger partial charge in [0, 0.05) is 24.4 Å². The zero-order valence-electron chi connectivity index (χ0n) is 15.9. The zero-order valence-corrected chi connectivity index (χ0v) is 17.4. The van der Waals surface area contributed by atoms with Gasteiger partial charge < -0.3 is 0 Å². The van der Waals surface area contributed by atoms with Crippen molar-refractivity contribution < 1.29 is 35.9 Å². The molecule has 0 saturated heterocycles. The predicted octanol–water partition coefficient (Wildman–Crippen LogP) is 6.04. The predicted molar refractivity (Wildman–Crippen MR) is 105 cm³/mol. The van der Waals surface area contributed by atoms with Gasteiger partial charge in [-0.05, 0) is 48.5 Å². The topological polar surface area (TPSA) is 40.6 Å². The summed E-state index contributed by atoms with van der Waals surface area (Å²) >= 11 is 5.08. The van der Waals surface area contributed by atoms with Gasteiger partial charge >= 0.3 is 11.5 Å². The maximum atomic E-state index is 14.5. The van der Waals surface area contributed by atoms with Crippen molar-refractivity contribution in [3.63, 3.8) is 0 Å². The number of imide groups is 1. The molecule has 0 bridgehead atoms. The first-order chi connectivity index (χ1) is 14.5. The number of urea groups is 1. The van der Waals surface area contributed by atoms with Gasteiger partial charge in [0.1, 0.15) is 23.0 Å². The minimum Gasteiger partial charge on any atom is -0.291 e. The fourth-order valence-corrected chi connectivity index (χ4v) is 3.26. The van der Waals surface area contributed by atoms with Crippen molar-refractivity contribution in [3.8, 4) is 0 Å². The van der Waals surface area contributed by atoms with E-state index in [0.717, 1.165) is 42.3 Å². The van der Waals surface area contributed by atoms with Crippen LogP contribution < -0.4 is 4.90 Å². The van der Waals surface area contributed by atoms with Crippen LogP contribution in [0.1, 0.15) is 16.8 Å². The number of alkyl halides is 4. The Hall–Kier alpha value is -2.40. The van der Waals surface area contributed by atoms with Gasteiger partial charge in [-0.3, -0.25) is 14.6 Å². The third-order valence-corrected chi connectivity index (χ3v) is 4.95. The van der Waals surface area contributed by atoms with Crippen molar-refractivity contribution in [3.05, 3.63) is 59.4 Å². The number of hydrogen-bond donors (Lipinski definition) is 0. The summed E-state index contributed by atoms with van der Waals surface area (Å²) in [5, 5.41) is 0. The summed E-state index contributed by atoms with van der Waals surface area (Å²) in [5.74, 6) is -4.82. The minimum absolute atomic E-state index is 0.0486. The van der Waals surface area contributed by atoms with Gasteiger partial charge in [-0.25, -0.2) is 18.0 Å². The van der Waals surface area contributed by atoms with E-state index < -0.39 is 62.8 Å². The summed E-state index contributed by atoms with van der Waals surface area (Å²) in [7, 11) is 0.940. The lowest BCUT2D eigenvalue weighted by atomic mass is 10.1. The summed E-state index contributed by atoms with van der Waals surface area (Å²) < 4.78 is 79.9. The number of amides is 3. The third-order valence-electron chi connectivity index (χ3n) is 3.96. The van der Waals surface area contributed by atoms with E-state index in [2.05, 4.69) is 0 Å². The lowest BCUT2D eigenvalue weighted by molar-refractivity contribution is -0.0328. The van der Waals surface area contributed by atoms with E-state index in [9.17, 15) is 35.9 Å². The number of rotatable bonds is 6. The molecule has 2 rings (SSSR count). The van der Waals surface area contributed by atoms with Crippen molar-refractivity contribution >= 4 is 41.0 Å². The van der Waals surface area contributed by atoms with Crippen molar-refractivity contribution in [2.75, 3.05) is 24.4 Å². The first kappa shape index (κ1) is 24.9. The number of thioether (sulfide) groups is 1. The SMILES string of the molecule is CN(C(=O)c1c(F)cccc1F)C(=O)N(CCCCl)c1ccc(SC(F)(F)F)cc1F. The Morgan fingerprint density at radius 2 is 1.65 bits per heavy atom. The Morgan fingerprint density at radius 1 is 1.03 bits per heavy atom. The molecule has 31 heavy (non-hydrogen) atoms. The van der Waals surface area contributed by atoms with Gasteiger partial charge in [-0.15, -0.1) is 11.6 Å². The van der Waals surface area contributed by atoms with Crippen LogP contribution >= 0.6 is 23.4 Å². The van der Waals surface area contributed by atoms with E-state index >= 15 is 0 Å². The normalized spacial score (nSPS) is 11.4. The van der Waals surface area contributed by atoms with Gasteiger partial charge in [-0.1, -0.05) is 6.07 Å². The van der Waals surface area contributed by atoms with E-state index in [4.69, 9.17) is 11.6 Å². The van der Waals surface area contributed by atoms with Crippen LogP contribution in [0.15, 0.2) is 41.3 Å². The second-order valence-electron chi connectivity index (χ2n) is 6.10. The second-order valence-corrected chi connectivity index (χ2v) is 7.61. The fourth-order valence-electron chi connectivity index (χ4n) is 2.58. The molecular weight excluding hydrogens is 470 g/mol. The lowest BCUT2D eigenvalue weighted by Gasteiger charge is -2.28. The van der Waals surface area contributed by atoms with Gasteiger partial charge in [0.15, 0.2) is 0 Å². The third kappa shape index (κ3) is 6.30. The van der Waals surface area contributed by atoms with Crippen LogP contribution in [0.2, 0.25) is 0 Å². The maximum absolute atomic E-state index is 14.5. The molecular formula is C19H15ClF6N2O2S. The van der Waals surface area contributed by atoms with Crippen molar-refractivity contribution in [2.45, 2.75) is 16.8 Å². The van der Waals surface area contributed by atoms with E-state index in [1.165, 1.54) is 0 Å². The summed E-state index contributed by atoms with van der Waals surface area (Å²) in [6, 6.07) is 4.03. The van der Waals surface area contributed by atoms with Crippen molar-refractivity contribution in [2.24, 2.45) is 0 Å². The van der Waals surface area contributed by atoms with Crippen LogP contribution in [-0.2, 0) is 0 Å². The molecule has 0 aliphatic heterocycles. The molecule has 2 aromatic carbocycles. The average molecular weight is 485 g/mol. The molecule has 168 valence electrons. The van der Waals surface area contributed by atoms with E-state index in [1.54, 1.807) is 0 Å². The van der Waals surface area contributed by atoms with Gasteiger partial charge in [0.2, 0.25) is 0 Å². The largest absolute Gasteiger partial charge is 0.446 e. The summed E-state index contributed by atoms with van der Waals surface area (Å²) in [4.78, 5) is 26.0. The lowest BCUT2D eigenvalue weighted by Crippen LogP contribution is -2.45. The Morgan fingerprint density at radius 3 is 2.16 bits per heavy atom. The number of anilines is 1. The Labute approximate surface area is 182 Å². The highest BCUT2D eigenvalue weighted by molar-refractivity contribution is 8.00. The molecule has 0 N–H and O–H groups in total. The van der Waals surface area contributed by atoms with Crippen molar-refractivity contribution in [1.82, 2.24) is 4.90 Å². The van der Waals surface area contributed by atoms with Gasteiger partial charge in [0.25, 0.3) is 5.91 Å². The smallest absolute Gasteiger partial charge is 0.291 e. The second kappa shape index (κ2) is 10.3. The minimum atomic E-state index is -4.64. The molecule has 0 fully saturated rings. The quantitative estimate of drug-likeness (QED) is 0.285. The fraction of sp³-hybridized carbons (Fsp3) is 0.263. The number of carbonyl (C=O) groups is 2. The molecule has 12 heteroatoms. The highest BCUT2D eigenvalue weighted by atomic mass is 35.5. The van der Waals surface area contributed by atoms with Crippen LogP contribution in [-0.4, -0.2) is 41.8 Å². The van der Waals surface area contributed by atoms with Crippen LogP contribution in [0.4, 0.5) is 36.8 Å². The summed E-state index contributed by atoms with van der Waals surface area (Å²) in [6.07, 6.45) is 0.141. The van der Waals surface area contributed by atoms with Crippen LogP contribution in [0.25, 0.3) is 0 Å². The molecule has 0 spiro atoms. The number of halogens is 7. The maximum Gasteiger partial charge on any atom is 0.446 e. The van der Waals surface area contributed by atoms with Crippen LogP contribution in [0, 0.1) is 17.5 Å². The van der Waals surface area contributed by atoms with Crippen molar-refractivity contribution in [1.29, 1.82) is 0 Å². The van der Waals surface area contributed by atoms with Crippen LogP contribution in [0.5, 0.6) is 0 Å². The highest BCUT2D eigenvalue weighted by Gasteiger charge is 2.32. The first-order valence-corrected chi connectivity index (χ1v) is 9.96. The first-order valence-electron chi connectivity index (χ1n) is 8.61. The molecule has 0 saturated carbocycles. The van der Waals surface area contributed by atoms with Gasteiger partial charge in [-0.2, -0.15) is 13.2 Å². The average Bonchev–Trinajstić information content (AvgIpc) is 2.67. The summed E-state index contributed by atoms with van der Waals surface area (Å²) in [6.45, 7) is -0.206. The highest BCUT2D eigenvalue weighted by Crippen LogP contribution is 2.38. The van der Waals surface area contributed by atoms with E-state index in [-0.39, 0.29) is 18.8 Å². The van der Waals surface area contributed by atoms with Gasteiger partial charge in [0.05, 0.1) is 5.69 Å². The number of nitrogens with zero attached hydrogens (tertiary/aromatic N) is 2. The zero-order chi connectivity index (χ0) is 23.3. The molecule has 2 aromatic rings. The Balaban J connectivity index is 2.37. The molecule has 0 aromatic heterocycles. The van der Waals surface area contributed by atoms with Crippen LogP contribution in [0.3, 0.4) is 0 Å². The number of carbonyl (C=O) groups excluding carboxylic acids is 2. The molecule has 0 unspecified atom stereocenters. The molecule has 3 amide bonds. The number of hydrogen-bond acceptors (Lipinski definition) is 3. The Bertz CT molecular complexity index is 953. The Kier molecular flexibility index (Phi) is 8.24. The molecule has 4 nitrogen and oxygen atoms in total. The molecule has 0 aliphatic carbocycles. The molecule has 0 heterocycles. The van der Waals surface area contributed by atoms with E-state index in [0.29, 0.717) is 11.0 Å². The standard InChI is InChI=1S/C19H15ClF6N2O2S/c1-27(17(29)16-12(21)4-2-5-13(16)22)18(30)28(9-3-8-20)15-7-6-11(10-14(15)23)31-19(24,25)26/h2,4-7,10H,3,8-9H2,1H3. The molecule has 0 atom stereocenters. The van der Waals surface area contributed by atoms with E-state index in [1.807, 2.05) is 0 Å². The molecule has 0 radical (unpaired) electrons.